The fourth-order valence-electron chi connectivity index (χ4n) is 4.83. The predicted molar refractivity (Wildman–Crippen MR) is 142 cm³/mol. The van der Waals surface area contributed by atoms with Crippen molar-refractivity contribution >= 4 is 43.3 Å². The molecule has 34 heavy (non-hydrogen) atoms. The van der Waals surface area contributed by atoms with E-state index in [2.05, 4.69) is 30.3 Å². The van der Waals surface area contributed by atoms with E-state index in [-0.39, 0.29) is 5.37 Å². The van der Waals surface area contributed by atoms with Gasteiger partial charge in [0.1, 0.15) is 0 Å². The van der Waals surface area contributed by atoms with Gasteiger partial charge in [-0.1, -0.05) is 91.0 Å². The van der Waals surface area contributed by atoms with Crippen molar-refractivity contribution in [1.29, 1.82) is 0 Å². The molecule has 1 heterocycles. The van der Waals surface area contributed by atoms with Gasteiger partial charge in [0.05, 0.1) is 10.3 Å². The molecule has 6 rings (SSSR count). The molecule has 5 aromatic carbocycles. The summed E-state index contributed by atoms with van der Waals surface area (Å²) in [6, 6.07) is 36.0. The Balaban J connectivity index is 1.45. The van der Waals surface area contributed by atoms with Crippen LogP contribution in [0.25, 0.3) is 32.7 Å². The number of hydrogen-bond acceptors (Lipinski definition) is 3. The SMILES string of the molecule is O=S(=O)(c1ccc(-c2ccccc2)cc1)N1CCSC1c1c2ccccc2cc2ccccc12. The van der Waals surface area contributed by atoms with Crippen molar-refractivity contribution in [3.63, 3.8) is 0 Å². The number of sulfonamides is 1. The maximum atomic E-state index is 13.9. The van der Waals surface area contributed by atoms with Gasteiger partial charge in [0.2, 0.25) is 10.0 Å². The number of rotatable bonds is 4. The zero-order chi connectivity index (χ0) is 23.1. The van der Waals surface area contributed by atoms with E-state index in [0.29, 0.717) is 11.4 Å². The molecule has 1 saturated heterocycles. The van der Waals surface area contributed by atoms with Gasteiger partial charge in [-0.3, -0.25) is 0 Å². The lowest BCUT2D eigenvalue weighted by molar-refractivity contribution is 0.437. The molecule has 5 aromatic rings. The average molecular weight is 482 g/mol. The van der Waals surface area contributed by atoms with Gasteiger partial charge >= 0.3 is 0 Å². The molecule has 168 valence electrons. The van der Waals surface area contributed by atoms with Crippen molar-refractivity contribution in [2.75, 3.05) is 12.3 Å². The molecular weight excluding hydrogens is 458 g/mol. The summed E-state index contributed by atoms with van der Waals surface area (Å²) < 4.78 is 29.4. The van der Waals surface area contributed by atoms with Crippen LogP contribution < -0.4 is 0 Å². The number of thioether (sulfide) groups is 1. The maximum Gasteiger partial charge on any atom is 0.244 e. The second-order valence-corrected chi connectivity index (χ2v) is 11.5. The molecule has 1 fully saturated rings. The standard InChI is InChI=1S/C29H23NO2S2/c31-34(32,25-16-14-22(15-17-25)21-8-2-1-3-9-21)30-18-19-33-29(30)28-26-12-6-4-10-23(26)20-24-11-5-7-13-27(24)28/h1-17,20,29H,18-19H2. The average Bonchev–Trinajstić information content (AvgIpc) is 3.38. The Labute approximate surface area is 204 Å². The van der Waals surface area contributed by atoms with E-state index >= 15 is 0 Å². The molecule has 0 N–H and O–H groups in total. The van der Waals surface area contributed by atoms with Crippen molar-refractivity contribution < 1.29 is 8.42 Å². The summed E-state index contributed by atoms with van der Waals surface area (Å²) in [4.78, 5) is 0.337. The lowest BCUT2D eigenvalue weighted by atomic mass is 9.96. The van der Waals surface area contributed by atoms with Crippen LogP contribution in [-0.4, -0.2) is 25.0 Å². The van der Waals surface area contributed by atoms with E-state index in [1.54, 1.807) is 28.2 Å². The fraction of sp³-hybridized carbons (Fsp3) is 0.103. The summed E-state index contributed by atoms with van der Waals surface area (Å²) in [7, 11) is -3.66. The van der Waals surface area contributed by atoms with E-state index in [1.165, 1.54) is 0 Å². The zero-order valence-corrected chi connectivity index (χ0v) is 20.1. The first-order valence-electron chi connectivity index (χ1n) is 11.3. The van der Waals surface area contributed by atoms with Crippen LogP contribution in [0.2, 0.25) is 0 Å². The number of fused-ring (bicyclic) bond motifs is 2. The molecule has 0 bridgehead atoms. The van der Waals surface area contributed by atoms with Gasteiger partial charge in [-0.05, 0) is 56.4 Å². The minimum Gasteiger partial charge on any atom is -0.207 e. The van der Waals surface area contributed by atoms with Crippen LogP contribution in [0.5, 0.6) is 0 Å². The van der Waals surface area contributed by atoms with Gasteiger partial charge in [0.25, 0.3) is 0 Å². The van der Waals surface area contributed by atoms with Crippen molar-refractivity contribution in [3.8, 4) is 11.1 Å². The van der Waals surface area contributed by atoms with E-state index in [0.717, 1.165) is 44.0 Å². The largest absolute Gasteiger partial charge is 0.244 e. The predicted octanol–water partition coefficient (Wildman–Crippen LogP) is 7.10. The third-order valence-corrected chi connectivity index (χ3v) is 9.71. The summed E-state index contributed by atoms with van der Waals surface area (Å²) in [5.41, 5.74) is 3.16. The summed E-state index contributed by atoms with van der Waals surface area (Å²) in [6.07, 6.45) is 0. The van der Waals surface area contributed by atoms with Crippen molar-refractivity contribution in [2.45, 2.75) is 10.3 Å². The molecule has 3 nitrogen and oxygen atoms in total. The first kappa shape index (κ1) is 21.4. The van der Waals surface area contributed by atoms with E-state index in [4.69, 9.17) is 0 Å². The van der Waals surface area contributed by atoms with Crippen molar-refractivity contribution in [2.24, 2.45) is 0 Å². The zero-order valence-electron chi connectivity index (χ0n) is 18.5. The summed E-state index contributed by atoms with van der Waals surface area (Å²) in [5, 5.41) is 4.22. The first-order chi connectivity index (χ1) is 16.6. The van der Waals surface area contributed by atoms with Crippen LogP contribution in [0.15, 0.2) is 114 Å². The van der Waals surface area contributed by atoms with Crippen LogP contribution in [0.1, 0.15) is 10.9 Å². The van der Waals surface area contributed by atoms with Crippen LogP contribution in [0.3, 0.4) is 0 Å². The lowest BCUT2D eigenvalue weighted by Crippen LogP contribution is -2.30. The van der Waals surface area contributed by atoms with Gasteiger partial charge < -0.3 is 0 Å². The Kier molecular flexibility index (Phi) is 5.41. The molecule has 1 atom stereocenters. The number of hydrogen-bond donors (Lipinski definition) is 0. The second-order valence-electron chi connectivity index (χ2n) is 8.46. The molecule has 0 spiro atoms. The quantitative estimate of drug-likeness (QED) is 0.257. The van der Waals surface area contributed by atoms with E-state index < -0.39 is 10.0 Å². The molecule has 0 amide bonds. The molecule has 1 aliphatic heterocycles. The van der Waals surface area contributed by atoms with Gasteiger partial charge in [0, 0.05) is 12.3 Å². The molecule has 0 saturated carbocycles. The van der Waals surface area contributed by atoms with E-state index in [1.807, 2.05) is 66.7 Å². The maximum absolute atomic E-state index is 13.9. The normalized spacial score (nSPS) is 16.9. The van der Waals surface area contributed by atoms with Gasteiger partial charge in [-0.15, -0.1) is 11.8 Å². The molecule has 0 aromatic heterocycles. The summed E-state index contributed by atoms with van der Waals surface area (Å²) in [6.45, 7) is 0.496. The van der Waals surface area contributed by atoms with Gasteiger partial charge in [-0.25, -0.2) is 8.42 Å². The van der Waals surface area contributed by atoms with Crippen LogP contribution in [0.4, 0.5) is 0 Å². The van der Waals surface area contributed by atoms with Crippen LogP contribution in [-0.2, 0) is 10.0 Å². The summed E-state index contributed by atoms with van der Waals surface area (Å²) in [5.74, 6) is 0.767. The highest BCUT2D eigenvalue weighted by Gasteiger charge is 2.38. The second kappa shape index (κ2) is 8.58. The number of benzene rings is 5. The molecule has 0 radical (unpaired) electrons. The van der Waals surface area contributed by atoms with Crippen molar-refractivity contribution in [1.82, 2.24) is 4.31 Å². The number of nitrogens with zero attached hydrogens (tertiary/aromatic N) is 1. The first-order valence-corrected chi connectivity index (χ1v) is 13.8. The third kappa shape index (κ3) is 3.61. The highest BCUT2D eigenvalue weighted by atomic mass is 32.2. The van der Waals surface area contributed by atoms with Crippen LogP contribution >= 0.6 is 11.8 Å². The van der Waals surface area contributed by atoms with Crippen LogP contribution in [0, 0.1) is 0 Å². The Morgan fingerprint density at radius 1 is 0.676 bits per heavy atom. The highest BCUT2D eigenvalue weighted by molar-refractivity contribution is 8.01. The monoisotopic (exact) mass is 481 g/mol. The molecule has 5 heteroatoms. The topological polar surface area (TPSA) is 37.4 Å². The fourth-order valence-corrected chi connectivity index (χ4v) is 8.12. The van der Waals surface area contributed by atoms with E-state index in [9.17, 15) is 8.42 Å². The third-order valence-electron chi connectivity index (χ3n) is 6.48. The minimum absolute atomic E-state index is 0.269. The molecule has 0 aliphatic carbocycles. The molecular formula is C29H23NO2S2. The Bertz CT molecular complexity index is 1540. The van der Waals surface area contributed by atoms with Gasteiger partial charge in [0.15, 0.2) is 0 Å². The highest BCUT2D eigenvalue weighted by Crippen LogP contribution is 2.46. The van der Waals surface area contributed by atoms with Gasteiger partial charge in [-0.2, -0.15) is 4.31 Å². The summed E-state index contributed by atoms with van der Waals surface area (Å²) >= 11 is 1.70. The lowest BCUT2D eigenvalue weighted by Gasteiger charge is -2.26. The van der Waals surface area contributed by atoms with Crippen molar-refractivity contribution in [3.05, 3.63) is 115 Å². The Hall–Kier alpha value is -3.12. The molecule has 1 aliphatic rings. The Morgan fingerprint density at radius 3 is 1.88 bits per heavy atom. The Morgan fingerprint density at radius 2 is 1.24 bits per heavy atom. The smallest absolute Gasteiger partial charge is 0.207 e. The minimum atomic E-state index is -3.66. The molecule has 1 unspecified atom stereocenters.